The minimum atomic E-state index is -0.431. The second kappa shape index (κ2) is 9.36. The smallest absolute Gasteiger partial charge is 0.292 e. The summed E-state index contributed by atoms with van der Waals surface area (Å²) < 4.78 is 26.9. The lowest BCUT2D eigenvalue weighted by atomic mass is 10.2. The van der Waals surface area contributed by atoms with E-state index in [9.17, 15) is 9.18 Å². The van der Waals surface area contributed by atoms with Crippen LogP contribution in [-0.4, -0.2) is 15.7 Å². The highest BCUT2D eigenvalue weighted by Gasteiger charge is 2.14. The maximum absolute atomic E-state index is 13.2. The van der Waals surface area contributed by atoms with Crippen LogP contribution in [0.15, 0.2) is 75.8 Å². The lowest BCUT2D eigenvalue weighted by molar-refractivity contribution is 0.0992. The molecule has 158 valence electrons. The first-order chi connectivity index (χ1) is 15.0. The van der Waals surface area contributed by atoms with Crippen LogP contribution in [-0.2, 0) is 13.2 Å². The van der Waals surface area contributed by atoms with Gasteiger partial charge in [-0.25, -0.2) is 4.39 Å². The highest BCUT2D eigenvalue weighted by molar-refractivity contribution is 9.10. The predicted molar refractivity (Wildman–Crippen MR) is 118 cm³/mol. The third kappa shape index (κ3) is 5.53. The summed E-state index contributed by atoms with van der Waals surface area (Å²) in [6, 6.07) is 16.5. The topological polar surface area (TPSA) is 69.3 Å². The first-order valence-electron chi connectivity index (χ1n) is 9.22. The van der Waals surface area contributed by atoms with E-state index in [0.29, 0.717) is 34.5 Å². The summed E-state index contributed by atoms with van der Waals surface area (Å²) in [7, 11) is 0. The van der Waals surface area contributed by atoms with Crippen LogP contribution in [0.25, 0.3) is 0 Å². The molecule has 2 aromatic heterocycles. The van der Waals surface area contributed by atoms with Gasteiger partial charge in [0.15, 0.2) is 11.6 Å². The van der Waals surface area contributed by atoms with Crippen molar-refractivity contribution in [1.29, 1.82) is 0 Å². The number of benzene rings is 2. The van der Waals surface area contributed by atoms with Crippen molar-refractivity contribution in [1.82, 2.24) is 9.78 Å². The summed E-state index contributed by atoms with van der Waals surface area (Å²) >= 11 is 9.42. The molecule has 1 N–H and O–H groups in total. The van der Waals surface area contributed by atoms with E-state index >= 15 is 0 Å². The Balaban J connectivity index is 1.34. The van der Waals surface area contributed by atoms with Gasteiger partial charge < -0.3 is 14.5 Å². The summed E-state index contributed by atoms with van der Waals surface area (Å²) in [6.07, 6.45) is 1.69. The van der Waals surface area contributed by atoms with Crippen molar-refractivity contribution in [3.05, 3.63) is 99.3 Å². The Morgan fingerprint density at radius 3 is 2.74 bits per heavy atom. The summed E-state index contributed by atoms with van der Waals surface area (Å²) in [4.78, 5) is 12.4. The SMILES string of the molecule is O=C(Nc1ccn(Cc2ccc(F)cc2Cl)n1)c1ccc(COc2ccc(Br)cc2)o1. The molecule has 0 aliphatic carbocycles. The molecule has 0 radical (unpaired) electrons. The number of carbonyl (C=O) groups is 1. The third-order valence-electron chi connectivity index (χ3n) is 4.31. The van der Waals surface area contributed by atoms with E-state index in [1.165, 1.54) is 12.1 Å². The molecule has 0 saturated heterocycles. The van der Waals surface area contributed by atoms with E-state index < -0.39 is 11.7 Å². The number of carbonyl (C=O) groups excluding carboxylic acids is 1. The number of amides is 1. The predicted octanol–water partition coefficient (Wildman–Crippen LogP) is 5.91. The van der Waals surface area contributed by atoms with E-state index in [2.05, 4.69) is 26.3 Å². The van der Waals surface area contributed by atoms with Gasteiger partial charge in [0, 0.05) is 21.8 Å². The summed E-state index contributed by atoms with van der Waals surface area (Å²) in [5, 5.41) is 7.28. The van der Waals surface area contributed by atoms with Crippen molar-refractivity contribution < 1.29 is 18.3 Å². The van der Waals surface area contributed by atoms with E-state index in [0.717, 1.165) is 4.47 Å². The standard InChI is InChI=1S/C22H16BrClFN3O3/c23-15-2-5-17(6-3-15)30-13-18-7-8-20(31-18)22(29)26-21-9-10-28(27-21)12-14-1-4-16(25)11-19(14)24/h1-11H,12-13H2,(H,26,27,29). The van der Waals surface area contributed by atoms with Crippen molar-refractivity contribution in [2.45, 2.75) is 13.2 Å². The molecule has 0 fully saturated rings. The number of nitrogens with one attached hydrogen (secondary N) is 1. The first kappa shape index (κ1) is 21.1. The van der Waals surface area contributed by atoms with Crippen molar-refractivity contribution in [3.63, 3.8) is 0 Å². The van der Waals surface area contributed by atoms with Gasteiger partial charge in [-0.3, -0.25) is 9.48 Å². The largest absolute Gasteiger partial charge is 0.486 e. The van der Waals surface area contributed by atoms with Crippen LogP contribution in [0, 0.1) is 5.82 Å². The van der Waals surface area contributed by atoms with Gasteiger partial charge in [0.05, 0.1) is 6.54 Å². The molecule has 0 saturated carbocycles. The zero-order valence-corrected chi connectivity index (χ0v) is 18.4. The molecule has 31 heavy (non-hydrogen) atoms. The van der Waals surface area contributed by atoms with Crippen LogP contribution >= 0.6 is 27.5 Å². The molecule has 4 rings (SSSR count). The molecule has 2 heterocycles. The fourth-order valence-electron chi connectivity index (χ4n) is 2.78. The Kier molecular flexibility index (Phi) is 6.39. The first-order valence-corrected chi connectivity index (χ1v) is 10.4. The quantitative estimate of drug-likeness (QED) is 0.340. The van der Waals surface area contributed by atoms with Gasteiger partial charge in [-0.15, -0.1) is 0 Å². The Hall–Kier alpha value is -3.10. The summed E-state index contributed by atoms with van der Waals surface area (Å²) in [6.45, 7) is 0.537. The maximum Gasteiger partial charge on any atom is 0.292 e. The van der Waals surface area contributed by atoms with Crippen LogP contribution in [0.2, 0.25) is 5.02 Å². The van der Waals surface area contributed by atoms with E-state index in [1.54, 1.807) is 35.1 Å². The van der Waals surface area contributed by atoms with Gasteiger partial charge in [0.2, 0.25) is 0 Å². The molecular formula is C22H16BrClFN3O3. The zero-order valence-electron chi connectivity index (χ0n) is 16.0. The van der Waals surface area contributed by atoms with Crippen LogP contribution in [0.4, 0.5) is 10.2 Å². The third-order valence-corrected chi connectivity index (χ3v) is 5.19. The number of aromatic nitrogens is 2. The van der Waals surface area contributed by atoms with E-state index in [-0.39, 0.29) is 12.4 Å². The molecule has 9 heteroatoms. The lowest BCUT2D eigenvalue weighted by Crippen LogP contribution is -2.12. The molecule has 1 amide bonds. The molecule has 6 nitrogen and oxygen atoms in total. The van der Waals surface area contributed by atoms with E-state index in [4.69, 9.17) is 20.8 Å². The van der Waals surface area contributed by atoms with Gasteiger partial charge in [-0.1, -0.05) is 33.6 Å². The number of rotatable bonds is 7. The number of hydrogen-bond donors (Lipinski definition) is 1. The number of halogens is 3. The molecule has 0 aliphatic rings. The summed E-state index contributed by atoms with van der Waals surface area (Å²) in [5.41, 5.74) is 0.713. The van der Waals surface area contributed by atoms with Crippen LogP contribution in [0.3, 0.4) is 0 Å². The van der Waals surface area contributed by atoms with Gasteiger partial charge in [-0.2, -0.15) is 5.10 Å². The molecule has 0 bridgehead atoms. The fraction of sp³-hybridized carbons (Fsp3) is 0.0909. The molecular weight excluding hydrogens is 489 g/mol. The second-order valence-electron chi connectivity index (χ2n) is 6.60. The highest BCUT2D eigenvalue weighted by Crippen LogP contribution is 2.20. The van der Waals surface area contributed by atoms with Gasteiger partial charge in [0.25, 0.3) is 5.91 Å². The van der Waals surface area contributed by atoms with Gasteiger partial charge >= 0.3 is 0 Å². The second-order valence-corrected chi connectivity index (χ2v) is 7.92. The van der Waals surface area contributed by atoms with Crippen molar-refractivity contribution in [3.8, 4) is 5.75 Å². The van der Waals surface area contributed by atoms with Crippen molar-refractivity contribution in [2.75, 3.05) is 5.32 Å². The molecule has 0 spiro atoms. The van der Waals surface area contributed by atoms with Crippen molar-refractivity contribution >= 4 is 39.3 Å². The normalized spacial score (nSPS) is 10.8. The monoisotopic (exact) mass is 503 g/mol. The minimum absolute atomic E-state index is 0.144. The van der Waals surface area contributed by atoms with Gasteiger partial charge in [0.1, 0.15) is 23.9 Å². The van der Waals surface area contributed by atoms with E-state index in [1.807, 2.05) is 24.3 Å². The fourth-order valence-corrected chi connectivity index (χ4v) is 3.27. The molecule has 4 aromatic rings. The Morgan fingerprint density at radius 1 is 1.16 bits per heavy atom. The molecule has 2 aromatic carbocycles. The average molecular weight is 505 g/mol. The molecule has 0 atom stereocenters. The van der Waals surface area contributed by atoms with Crippen LogP contribution in [0.1, 0.15) is 21.9 Å². The number of furan rings is 1. The highest BCUT2D eigenvalue weighted by atomic mass is 79.9. The Bertz CT molecular complexity index is 1210. The molecule has 0 aliphatic heterocycles. The maximum atomic E-state index is 13.2. The van der Waals surface area contributed by atoms with Gasteiger partial charge in [-0.05, 0) is 54.1 Å². The Labute approximate surface area is 190 Å². The number of nitrogens with zero attached hydrogens (tertiary/aromatic N) is 2. The minimum Gasteiger partial charge on any atom is -0.486 e. The summed E-state index contributed by atoms with van der Waals surface area (Å²) in [5.74, 6) is 0.877. The van der Waals surface area contributed by atoms with Crippen LogP contribution < -0.4 is 10.1 Å². The number of anilines is 1. The average Bonchev–Trinajstić information content (AvgIpc) is 3.39. The molecule has 0 unspecified atom stereocenters. The van der Waals surface area contributed by atoms with Crippen LogP contribution in [0.5, 0.6) is 5.75 Å². The Morgan fingerprint density at radius 2 is 1.97 bits per heavy atom. The number of hydrogen-bond acceptors (Lipinski definition) is 4. The zero-order chi connectivity index (χ0) is 21.8. The van der Waals surface area contributed by atoms with Crippen molar-refractivity contribution in [2.24, 2.45) is 0 Å². The lowest BCUT2D eigenvalue weighted by Gasteiger charge is -2.05. The number of ether oxygens (including phenoxy) is 1.